The third-order valence-corrected chi connectivity index (χ3v) is 3.39. The fourth-order valence-electron chi connectivity index (χ4n) is 2.16. The number of imidazole rings is 1. The molecule has 1 aromatic rings. The van der Waals surface area contributed by atoms with Crippen LogP contribution >= 0.6 is 0 Å². The molecule has 2 rings (SSSR count). The second-order valence-electron chi connectivity index (χ2n) is 4.94. The zero-order valence-electron chi connectivity index (χ0n) is 10.5. The maximum atomic E-state index is 4.55. The molecule has 1 aliphatic rings. The van der Waals surface area contributed by atoms with Gasteiger partial charge in [0.15, 0.2) is 0 Å². The predicted octanol–water partition coefficient (Wildman–Crippen LogP) is 3.20. The Morgan fingerprint density at radius 3 is 2.94 bits per heavy atom. The molecule has 0 spiro atoms. The molecule has 0 unspecified atom stereocenters. The maximum Gasteiger partial charge on any atom is 0.203 e. The number of unbranched alkanes of at least 4 members (excludes halogenated alkanes) is 1. The quantitative estimate of drug-likeness (QED) is 0.748. The smallest absolute Gasteiger partial charge is 0.203 e. The van der Waals surface area contributed by atoms with E-state index in [0.717, 1.165) is 30.6 Å². The molecule has 1 aliphatic carbocycles. The molecule has 0 amide bonds. The molecule has 3 nitrogen and oxygen atoms in total. The van der Waals surface area contributed by atoms with Gasteiger partial charge in [0.05, 0.1) is 5.69 Å². The normalized spacial score (nSPS) is 16.1. The zero-order valence-corrected chi connectivity index (χ0v) is 10.5. The summed E-state index contributed by atoms with van der Waals surface area (Å²) in [6.07, 6.45) is 8.82. The largest absolute Gasteiger partial charge is 0.356 e. The van der Waals surface area contributed by atoms with Crippen molar-refractivity contribution in [3.05, 3.63) is 11.9 Å². The summed E-state index contributed by atoms with van der Waals surface area (Å²) in [6, 6.07) is 0. The topological polar surface area (TPSA) is 29.9 Å². The van der Waals surface area contributed by atoms with Gasteiger partial charge in [-0.2, -0.15) is 0 Å². The lowest BCUT2D eigenvalue weighted by molar-refractivity contribution is 0.278. The number of anilines is 1. The van der Waals surface area contributed by atoms with Crippen molar-refractivity contribution < 1.29 is 0 Å². The molecule has 1 fully saturated rings. The number of aromatic nitrogens is 2. The first-order valence-corrected chi connectivity index (χ1v) is 6.57. The molecule has 0 atom stereocenters. The summed E-state index contributed by atoms with van der Waals surface area (Å²) in [5, 5.41) is 3.44. The molecule has 3 heteroatoms. The molecule has 1 heterocycles. The van der Waals surface area contributed by atoms with Crippen LogP contribution in [0, 0.1) is 12.8 Å². The van der Waals surface area contributed by atoms with Crippen LogP contribution in [0.3, 0.4) is 0 Å². The van der Waals surface area contributed by atoms with Gasteiger partial charge in [-0.3, -0.25) is 0 Å². The summed E-state index contributed by atoms with van der Waals surface area (Å²) >= 11 is 0. The van der Waals surface area contributed by atoms with Gasteiger partial charge in [0, 0.05) is 19.3 Å². The Labute approximate surface area is 98.3 Å². The Kier molecular flexibility index (Phi) is 3.86. The molecule has 1 aromatic heterocycles. The molecule has 0 radical (unpaired) electrons. The van der Waals surface area contributed by atoms with Gasteiger partial charge in [-0.15, -0.1) is 0 Å². The number of aryl methyl sites for hydroxylation is 1. The van der Waals surface area contributed by atoms with E-state index in [9.17, 15) is 0 Å². The number of rotatable bonds is 6. The van der Waals surface area contributed by atoms with Gasteiger partial charge in [-0.05, 0) is 32.1 Å². The summed E-state index contributed by atoms with van der Waals surface area (Å²) in [6.45, 7) is 6.48. The van der Waals surface area contributed by atoms with Crippen LogP contribution in [0.5, 0.6) is 0 Å². The Morgan fingerprint density at radius 2 is 2.31 bits per heavy atom. The van der Waals surface area contributed by atoms with Crippen molar-refractivity contribution in [3.8, 4) is 0 Å². The SMILES string of the molecule is CCCCNc1nc(C)cn1CC1CCC1. The Balaban J connectivity index is 1.92. The highest BCUT2D eigenvalue weighted by Crippen LogP contribution is 2.28. The number of nitrogens with zero attached hydrogens (tertiary/aromatic N) is 2. The summed E-state index contributed by atoms with van der Waals surface area (Å²) in [5.41, 5.74) is 1.12. The van der Waals surface area contributed by atoms with E-state index in [1.54, 1.807) is 0 Å². The Hall–Kier alpha value is -0.990. The van der Waals surface area contributed by atoms with Crippen molar-refractivity contribution in [2.24, 2.45) is 5.92 Å². The summed E-state index contributed by atoms with van der Waals surface area (Å²) in [5.74, 6) is 1.96. The average molecular weight is 221 g/mol. The lowest BCUT2D eigenvalue weighted by atomic mass is 9.85. The standard InChI is InChI=1S/C13H23N3/c1-3-4-8-14-13-15-11(2)9-16(13)10-12-6-5-7-12/h9,12H,3-8,10H2,1-2H3,(H,14,15). The predicted molar refractivity (Wildman–Crippen MR) is 67.7 cm³/mol. The minimum Gasteiger partial charge on any atom is -0.356 e. The minimum absolute atomic E-state index is 0.889. The van der Waals surface area contributed by atoms with E-state index >= 15 is 0 Å². The number of hydrogen-bond donors (Lipinski definition) is 1. The van der Waals surface area contributed by atoms with Crippen molar-refractivity contribution in [1.82, 2.24) is 9.55 Å². The monoisotopic (exact) mass is 221 g/mol. The highest BCUT2D eigenvalue weighted by atomic mass is 15.2. The first-order chi connectivity index (χ1) is 7.79. The van der Waals surface area contributed by atoms with Crippen LogP contribution < -0.4 is 5.32 Å². The Morgan fingerprint density at radius 1 is 1.50 bits per heavy atom. The van der Waals surface area contributed by atoms with Crippen LogP contribution in [0.15, 0.2) is 6.20 Å². The van der Waals surface area contributed by atoms with Gasteiger partial charge >= 0.3 is 0 Å². The van der Waals surface area contributed by atoms with E-state index in [4.69, 9.17) is 0 Å². The molecule has 1 N–H and O–H groups in total. The summed E-state index contributed by atoms with van der Waals surface area (Å²) in [4.78, 5) is 4.55. The second kappa shape index (κ2) is 5.37. The van der Waals surface area contributed by atoms with E-state index in [-0.39, 0.29) is 0 Å². The number of hydrogen-bond acceptors (Lipinski definition) is 2. The molecule has 0 aliphatic heterocycles. The highest BCUT2D eigenvalue weighted by molar-refractivity contribution is 5.28. The zero-order chi connectivity index (χ0) is 11.4. The van der Waals surface area contributed by atoms with Gasteiger partial charge in [-0.1, -0.05) is 19.8 Å². The van der Waals surface area contributed by atoms with Crippen molar-refractivity contribution in [1.29, 1.82) is 0 Å². The highest BCUT2D eigenvalue weighted by Gasteiger charge is 2.19. The molecule has 0 aromatic carbocycles. The third-order valence-electron chi connectivity index (χ3n) is 3.39. The molecular formula is C13H23N3. The molecule has 1 saturated carbocycles. The van der Waals surface area contributed by atoms with Gasteiger partial charge < -0.3 is 9.88 Å². The van der Waals surface area contributed by atoms with Crippen molar-refractivity contribution in [2.75, 3.05) is 11.9 Å². The van der Waals surface area contributed by atoms with Gasteiger partial charge in [0.1, 0.15) is 0 Å². The van der Waals surface area contributed by atoms with Crippen molar-refractivity contribution in [3.63, 3.8) is 0 Å². The second-order valence-corrected chi connectivity index (χ2v) is 4.94. The molecule has 0 saturated heterocycles. The minimum atomic E-state index is 0.889. The molecule has 90 valence electrons. The lowest BCUT2D eigenvalue weighted by Gasteiger charge is -2.26. The fraction of sp³-hybridized carbons (Fsp3) is 0.769. The van der Waals surface area contributed by atoms with Gasteiger partial charge in [0.25, 0.3) is 0 Å². The van der Waals surface area contributed by atoms with Gasteiger partial charge in [-0.25, -0.2) is 4.98 Å². The first kappa shape index (κ1) is 11.5. The van der Waals surface area contributed by atoms with Crippen LogP contribution in [0.25, 0.3) is 0 Å². The molecule has 0 bridgehead atoms. The van der Waals surface area contributed by atoms with E-state index in [1.165, 1.54) is 32.1 Å². The molecule has 16 heavy (non-hydrogen) atoms. The maximum absolute atomic E-state index is 4.55. The summed E-state index contributed by atoms with van der Waals surface area (Å²) in [7, 11) is 0. The van der Waals surface area contributed by atoms with Crippen LogP contribution in [0.2, 0.25) is 0 Å². The van der Waals surface area contributed by atoms with Crippen LogP contribution in [0.1, 0.15) is 44.7 Å². The average Bonchev–Trinajstić information content (AvgIpc) is 2.53. The lowest BCUT2D eigenvalue weighted by Crippen LogP contribution is -2.19. The first-order valence-electron chi connectivity index (χ1n) is 6.57. The van der Waals surface area contributed by atoms with Crippen LogP contribution in [-0.2, 0) is 6.54 Å². The molecular weight excluding hydrogens is 198 g/mol. The summed E-state index contributed by atoms with van der Waals surface area (Å²) < 4.78 is 2.30. The number of nitrogens with one attached hydrogen (secondary N) is 1. The van der Waals surface area contributed by atoms with E-state index in [1.807, 2.05) is 0 Å². The van der Waals surface area contributed by atoms with E-state index < -0.39 is 0 Å². The van der Waals surface area contributed by atoms with E-state index in [2.05, 4.69) is 34.9 Å². The van der Waals surface area contributed by atoms with Gasteiger partial charge in [0.2, 0.25) is 5.95 Å². The Bertz CT molecular complexity index is 326. The van der Waals surface area contributed by atoms with Crippen LogP contribution in [0.4, 0.5) is 5.95 Å². The fourth-order valence-corrected chi connectivity index (χ4v) is 2.16. The van der Waals surface area contributed by atoms with Crippen molar-refractivity contribution >= 4 is 5.95 Å². The third kappa shape index (κ3) is 2.77. The van der Waals surface area contributed by atoms with E-state index in [0.29, 0.717) is 0 Å². The van der Waals surface area contributed by atoms with Crippen LogP contribution in [-0.4, -0.2) is 16.1 Å². The van der Waals surface area contributed by atoms with Crippen molar-refractivity contribution in [2.45, 2.75) is 52.5 Å².